The van der Waals surface area contributed by atoms with Gasteiger partial charge in [0.2, 0.25) is 0 Å². The van der Waals surface area contributed by atoms with Crippen molar-refractivity contribution in [3.8, 4) is 0 Å². The molecule has 0 radical (unpaired) electrons. The molecule has 0 fully saturated rings. The molecule has 6 atom stereocenters. The zero-order chi connectivity index (χ0) is 31.6. The van der Waals surface area contributed by atoms with Gasteiger partial charge in [0.05, 0.1) is 0 Å². The van der Waals surface area contributed by atoms with Gasteiger partial charge < -0.3 is 0 Å². The van der Waals surface area contributed by atoms with Crippen LogP contribution in [0.15, 0.2) is 167 Å². The van der Waals surface area contributed by atoms with Gasteiger partial charge in [-0.1, -0.05) is 0 Å². The van der Waals surface area contributed by atoms with Gasteiger partial charge in [0.1, 0.15) is 0 Å². The van der Waals surface area contributed by atoms with Gasteiger partial charge in [0.15, 0.2) is 0 Å². The standard InChI is InChI=1S/2C17H15O2P2.2BrH.Ti/c2*18-20(14-7-3-1-4-8-14)16-11-12-17(13-16)21(19)15-9-5-2-6-10-15;;;/h2*1-13,20-21H;2*1H;/q;;;;+2/p-2. The fraction of sp³-hybridized carbons (Fsp3) is 0.0588. The van der Waals surface area contributed by atoms with Crippen molar-refractivity contribution >= 4 is 78.7 Å². The predicted octanol–water partition coefficient (Wildman–Crippen LogP) is 9.44. The number of hydrogen-bond acceptors (Lipinski definition) is 4. The quantitative estimate of drug-likeness (QED) is 0.118. The maximum absolute atomic E-state index is 14.3. The minimum atomic E-state index is -3.68. The Morgan fingerprint density at radius 2 is 0.689 bits per heavy atom. The first-order chi connectivity index (χ1) is 21.8. The molecule has 0 amide bonds. The number of rotatable bonds is 10. The fourth-order valence-corrected chi connectivity index (χ4v) is 28.6. The zero-order valence-electron chi connectivity index (χ0n) is 23.9. The van der Waals surface area contributed by atoms with Crippen molar-refractivity contribution in [2.75, 3.05) is 0 Å². The fourth-order valence-electron chi connectivity index (χ4n) is 5.70. The summed E-state index contributed by atoms with van der Waals surface area (Å²) >= 11 is 4.66. The van der Waals surface area contributed by atoms with Crippen molar-refractivity contribution in [3.63, 3.8) is 0 Å². The van der Waals surface area contributed by atoms with Gasteiger partial charge >= 0.3 is 285 Å². The van der Waals surface area contributed by atoms with E-state index < -0.39 is 43.6 Å². The van der Waals surface area contributed by atoms with Crippen LogP contribution in [0.5, 0.6) is 0 Å². The normalized spacial score (nSPS) is 20.8. The molecular formula is C34H30Br2O4P4Ti. The molecule has 6 unspecified atom stereocenters. The van der Waals surface area contributed by atoms with E-state index in [9.17, 15) is 18.3 Å². The Hall–Kier alpha value is -1.57. The van der Waals surface area contributed by atoms with Crippen molar-refractivity contribution in [1.29, 1.82) is 0 Å². The Labute approximate surface area is 282 Å². The van der Waals surface area contributed by atoms with E-state index in [0.717, 1.165) is 31.8 Å². The molecule has 0 spiro atoms. The van der Waals surface area contributed by atoms with E-state index in [4.69, 9.17) is 0 Å². The molecule has 2 aliphatic rings. The van der Waals surface area contributed by atoms with Gasteiger partial charge in [0, 0.05) is 0 Å². The van der Waals surface area contributed by atoms with E-state index in [1.54, 1.807) is 0 Å². The average Bonchev–Trinajstić information content (AvgIpc) is 3.76. The van der Waals surface area contributed by atoms with Gasteiger partial charge in [0.25, 0.3) is 0 Å². The van der Waals surface area contributed by atoms with Crippen LogP contribution < -0.4 is 21.2 Å². The molecule has 0 heterocycles. The summed E-state index contributed by atoms with van der Waals surface area (Å²) < 4.78 is 55.6. The second-order valence-corrected chi connectivity index (χ2v) is 37.4. The van der Waals surface area contributed by atoms with Crippen LogP contribution in [-0.4, -0.2) is 0 Å². The first-order valence-corrected chi connectivity index (χ1v) is 29.5. The number of halogens is 2. The Morgan fingerprint density at radius 1 is 0.422 bits per heavy atom. The Bertz CT molecular complexity index is 1800. The van der Waals surface area contributed by atoms with Crippen molar-refractivity contribution in [2.24, 2.45) is 0 Å². The molecule has 0 bridgehead atoms. The van der Waals surface area contributed by atoms with Crippen molar-refractivity contribution < 1.29 is 30.7 Å². The van der Waals surface area contributed by atoms with E-state index in [1.807, 2.05) is 146 Å². The molecule has 2 aliphatic carbocycles. The van der Waals surface area contributed by atoms with Gasteiger partial charge in [-0.05, 0) is 0 Å². The van der Waals surface area contributed by atoms with Crippen LogP contribution in [0.25, 0.3) is 0 Å². The molecule has 0 saturated carbocycles. The molecule has 0 saturated heterocycles. The van der Waals surface area contributed by atoms with Crippen LogP contribution >= 0.6 is 57.5 Å². The first-order valence-electron chi connectivity index (χ1n) is 14.4. The van der Waals surface area contributed by atoms with Gasteiger partial charge in [-0.25, -0.2) is 0 Å². The van der Waals surface area contributed by atoms with Crippen LogP contribution in [0, 0.1) is 0 Å². The van der Waals surface area contributed by atoms with Crippen LogP contribution in [0.4, 0.5) is 0 Å². The Morgan fingerprint density at radius 3 is 0.978 bits per heavy atom. The molecule has 0 aromatic heterocycles. The van der Waals surface area contributed by atoms with Crippen LogP contribution in [0.3, 0.4) is 0 Å². The van der Waals surface area contributed by atoms with Gasteiger partial charge in [-0.2, -0.15) is 0 Å². The first kappa shape index (κ1) is 33.3. The molecule has 0 N–H and O–H groups in total. The van der Waals surface area contributed by atoms with E-state index in [1.165, 1.54) is 0 Å². The van der Waals surface area contributed by atoms with E-state index in [2.05, 4.69) is 26.3 Å². The summed E-state index contributed by atoms with van der Waals surface area (Å²) in [6.07, 6.45) is 7.79. The Kier molecular flexibility index (Phi) is 10.9. The molecule has 4 aromatic carbocycles. The Balaban J connectivity index is 1.45. The third-order valence-electron chi connectivity index (χ3n) is 8.01. The zero-order valence-corrected chi connectivity index (χ0v) is 32.6. The second-order valence-electron chi connectivity index (χ2n) is 10.9. The molecule has 6 rings (SSSR count). The van der Waals surface area contributed by atoms with E-state index >= 15 is 0 Å². The third-order valence-corrected chi connectivity index (χ3v) is 28.2. The summed E-state index contributed by atoms with van der Waals surface area (Å²) in [6.45, 7) is 0. The van der Waals surface area contributed by atoms with Crippen LogP contribution in [0.1, 0.15) is 0 Å². The molecule has 0 aliphatic heterocycles. The van der Waals surface area contributed by atoms with E-state index in [0.29, 0.717) is 10.6 Å². The average molecular weight is 834 g/mol. The summed E-state index contributed by atoms with van der Waals surface area (Å²) in [5.74, 6) is 0. The molecule has 11 heteroatoms. The number of hydrogen-bond donors (Lipinski definition) is 0. The summed E-state index contributed by atoms with van der Waals surface area (Å²) in [5.41, 5.74) is 0. The SMILES string of the molecule is O=[PH](C1=C[CH]([Ti]([Br])([Br])[CH]2C=C([PH](=O)c3ccccc3)C=C2[PH](=O)c2ccccc2)C([PH](=O)c2ccccc2)=C1)c1ccccc1. The van der Waals surface area contributed by atoms with Crippen LogP contribution in [0.2, 0.25) is 8.45 Å². The molecule has 4 aromatic rings. The summed E-state index contributed by atoms with van der Waals surface area (Å²) in [6, 6.07) is 37.5. The third kappa shape index (κ3) is 7.16. The summed E-state index contributed by atoms with van der Waals surface area (Å²) in [4.78, 5) is 0. The molecule has 45 heavy (non-hydrogen) atoms. The van der Waals surface area contributed by atoms with Gasteiger partial charge in [-0.15, -0.1) is 0 Å². The van der Waals surface area contributed by atoms with Crippen molar-refractivity contribution in [1.82, 2.24) is 0 Å². The summed E-state index contributed by atoms with van der Waals surface area (Å²) in [5, 5.41) is 5.77. The predicted molar refractivity (Wildman–Crippen MR) is 198 cm³/mol. The molecule has 4 nitrogen and oxygen atoms in total. The number of benzene rings is 4. The van der Waals surface area contributed by atoms with E-state index in [-0.39, 0.29) is 8.45 Å². The molecule has 228 valence electrons. The maximum atomic E-state index is 14.3. The van der Waals surface area contributed by atoms with Crippen molar-refractivity contribution in [3.05, 3.63) is 167 Å². The second kappa shape index (κ2) is 14.7. The van der Waals surface area contributed by atoms with Crippen molar-refractivity contribution in [2.45, 2.75) is 8.45 Å². The number of allylic oxidation sites excluding steroid dienone is 8. The minimum absolute atomic E-state index is 0.321. The molecular weight excluding hydrogens is 804 g/mol. The van der Waals surface area contributed by atoms with Gasteiger partial charge in [-0.3, -0.25) is 0 Å². The van der Waals surface area contributed by atoms with Crippen LogP contribution in [-0.2, 0) is 30.7 Å². The monoisotopic (exact) mass is 832 g/mol. The summed E-state index contributed by atoms with van der Waals surface area (Å²) in [7, 11) is -9.64. The topological polar surface area (TPSA) is 68.3 Å².